The lowest BCUT2D eigenvalue weighted by atomic mass is 10.2. The molecule has 4 rings (SSSR count). The number of nitrogens with one attached hydrogen (secondary N) is 1. The Bertz CT molecular complexity index is 968. The van der Waals surface area contributed by atoms with Crippen molar-refractivity contribution in [1.29, 1.82) is 0 Å². The van der Waals surface area contributed by atoms with Gasteiger partial charge in [0.05, 0.1) is 10.6 Å². The summed E-state index contributed by atoms with van der Waals surface area (Å²) in [4.78, 5) is 18.4. The smallest absolute Gasteiger partial charge is 0.230 e. The minimum Gasteiger partial charge on any atom is -0.354 e. The van der Waals surface area contributed by atoms with E-state index in [1.165, 1.54) is 17.3 Å². The van der Waals surface area contributed by atoms with Crippen LogP contribution in [0.25, 0.3) is 10.7 Å². The normalized spacial score (nSPS) is 15.2. The number of hydrogen-bond acceptors (Lipinski definition) is 7. The molecule has 1 amide bonds. The van der Waals surface area contributed by atoms with E-state index in [-0.39, 0.29) is 5.91 Å². The summed E-state index contributed by atoms with van der Waals surface area (Å²) >= 11 is 3.10. The summed E-state index contributed by atoms with van der Waals surface area (Å²) in [5, 5.41) is 14.5. The number of aromatic nitrogens is 3. The van der Waals surface area contributed by atoms with Crippen LogP contribution in [0.4, 0.5) is 0 Å². The van der Waals surface area contributed by atoms with Gasteiger partial charge in [-0.1, -0.05) is 48.2 Å². The molecule has 1 aliphatic heterocycles. The van der Waals surface area contributed by atoms with Gasteiger partial charge in [-0.3, -0.25) is 14.6 Å². The molecule has 0 aliphatic carbocycles. The molecule has 0 unspecified atom stereocenters. The summed E-state index contributed by atoms with van der Waals surface area (Å²) in [6, 6.07) is 14.7. The fourth-order valence-corrected chi connectivity index (χ4v) is 5.37. The van der Waals surface area contributed by atoms with Crippen molar-refractivity contribution in [2.75, 3.05) is 45.0 Å². The molecule has 9 heteroatoms. The van der Waals surface area contributed by atoms with E-state index < -0.39 is 0 Å². The molecule has 0 spiro atoms. The number of carbonyl (C=O) groups excluding carboxylic acids is 1. The molecular weight excluding hydrogens is 440 g/mol. The lowest BCUT2D eigenvalue weighted by Crippen LogP contribution is -2.48. The third-order valence-electron chi connectivity index (χ3n) is 5.57. The Morgan fingerprint density at radius 1 is 1.06 bits per heavy atom. The summed E-state index contributed by atoms with van der Waals surface area (Å²) < 4.78 is 2.07. The Morgan fingerprint density at radius 2 is 1.84 bits per heavy atom. The van der Waals surface area contributed by atoms with Crippen LogP contribution >= 0.6 is 23.1 Å². The van der Waals surface area contributed by atoms with Crippen molar-refractivity contribution < 1.29 is 4.79 Å². The molecule has 1 aliphatic rings. The molecule has 7 nitrogen and oxygen atoms in total. The molecule has 32 heavy (non-hydrogen) atoms. The minimum absolute atomic E-state index is 0.0426. The predicted molar refractivity (Wildman–Crippen MR) is 131 cm³/mol. The summed E-state index contributed by atoms with van der Waals surface area (Å²) in [6.45, 7) is 9.66. The fourth-order valence-electron chi connectivity index (χ4n) is 3.82. The molecule has 1 fully saturated rings. The van der Waals surface area contributed by atoms with Crippen molar-refractivity contribution in [2.45, 2.75) is 25.2 Å². The Kier molecular flexibility index (Phi) is 8.33. The molecule has 3 aromatic rings. The monoisotopic (exact) mass is 470 g/mol. The van der Waals surface area contributed by atoms with Crippen LogP contribution < -0.4 is 5.32 Å². The van der Waals surface area contributed by atoms with Crippen LogP contribution in [-0.4, -0.2) is 75.5 Å². The lowest BCUT2D eigenvalue weighted by molar-refractivity contribution is -0.118. The highest BCUT2D eigenvalue weighted by Gasteiger charge is 2.18. The van der Waals surface area contributed by atoms with E-state index in [0.717, 1.165) is 61.7 Å². The second kappa shape index (κ2) is 11.6. The van der Waals surface area contributed by atoms with Gasteiger partial charge in [0.25, 0.3) is 0 Å². The molecular formula is C23H30N6OS2. The SMILES string of the molecule is CCn1c(SCC(=O)NCCN2CCN(Cc3ccccc3)CC2)nnc1-c1cccs1. The van der Waals surface area contributed by atoms with Crippen molar-refractivity contribution in [1.82, 2.24) is 29.9 Å². The Hall–Kier alpha value is -2.20. The highest BCUT2D eigenvalue weighted by Crippen LogP contribution is 2.27. The predicted octanol–water partition coefficient (Wildman–Crippen LogP) is 3.05. The molecule has 1 N–H and O–H groups in total. The molecule has 1 saturated heterocycles. The van der Waals surface area contributed by atoms with E-state index in [2.05, 4.69) is 67.1 Å². The number of thioether (sulfide) groups is 1. The summed E-state index contributed by atoms with van der Waals surface area (Å²) in [5.41, 5.74) is 1.37. The zero-order chi connectivity index (χ0) is 22.2. The zero-order valence-corrected chi connectivity index (χ0v) is 20.1. The standard InChI is InChI=1S/C23H30N6OS2/c1-2-29-22(20-9-6-16-31-20)25-26-23(29)32-18-21(30)24-10-11-27-12-14-28(15-13-27)17-19-7-4-3-5-8-19/h3-9,16H,2,10-15,17-18H2,1H3,(H,24,30). The summed E-state index contributed by atoms with van der Waals surface area (Å²) in [7, 11) is 0. The van der Waals surface area contributed by atoms with Crippen LogP contribution in [0.2, 0.25) is 0 Å². The van der Waals surface area contributed by atoms with Crippen LogP contribution in [0.5, 0.6) is 0 Å². The number of piperazine rings is 1. The molecule has 1 aromatic carbocycles. The third kappa shape index (κ3) is 6.19. The van der Waals surface area contributed by atoms with Gasteiger partial charge in [-0.05, 0) is 23.9 Å². The van der Waals surface area contributed by atoms with Crippen molar-refractivity contribution >= 4 is 29.0 Å². The van der Waals surface area contributed by atoms with E-state index in [0.29, 0.717) is 12.3 Å². The molecule has 170 valence electrons. The molecule has 3 heterocycles. The van der Waals surface area contributed by atoms with Gasteiger partial charge in [-0.15, -0.1) is 21.5 Å². The maximum absolute atomic E-state index is 12.3. The van der Waals surface area contributed by atoms with Gasteiger partial charge in [-0.25, -0.2) is 0 Å². The highest BCUT2D eigenvalue weighted by molar-refractivity contribution is 7.99. The highest BCUT2D eigenvalue weighted by atomic mass is 32.2. The van der Waals surface area contributed by atoms with Crippen LogP contribution in [0.3, 0.4) is 0 Å². The van der Waals surface area contributed by atoms with Crippen molar-refractivity contribution in [3.8, 4) is 10.7 Å². The Balaban J connectivity index is 1.14. The van der Waals surface area contributed by atoms with Crippen LogP contribution in [0, 0.1) is 0 Å². The summed E-state index contributed by atoms with van der Waals surface area (Å²) in [6.07, 6.45) is 0. The average molecular weight is 471 g/mol. The zero-order valence-electron chi connectivity index (χ0n) is 18.4. The summed E-state index contributed by atoms with van der Waals surface area (Å²) in [5.74, 6) is 1.27. The lowest BCUT2D eigenvalue weighted by Gasteiger charge is -2.34. The quantitative estimate of drug-likeness (QED) is 0.460. The van der Waals surface area contributed by atoms with E-state index in [1.54, 1.807) is 11.3 Å². The fraction of sp³-hybridized carbons (Fsp3) is 0.435. The van der Waals surface area contributed by atoms with Crippen molar-refractivity contribution in [2.24, 2.45) is 0 Å². The van der Waals surface area contributed by atoms with Crippen molar-refractivity contribution in [3.63, 3.8) is 0 Å². The van der Waals surface area contributed by atoms with E-state index in [4.69, 9.17) is 0 Å². The van der Waals surface area contributed by atoms with E-state index in [9.17, 15) is 4.79 Å². The molecule has 0 bridgehead atoms. The van der Waals surface area contributed by atoms with Crippen LogP contribution in [0.15, 0.2) is 53.0 Å². The van der Waals surface area contributed by atoms with E-state index in [1.807, 2.05) is 17.5 Å². The largest absolute Gasteiger partial charge is 0.354 e. The second-order valence-electron chi connectivity index (χ2n) is 7.77. The molecule has 0 atom stereocenters. The number of amides is 1. The number of rotatable bonds is 10. The third-order valence-corrected chi connectivity index (χ3v) is 7.40. The topological polar surface area (TPSA) is 66.3 Å². The van der Waals surface area contributed by atoms with Gasteiger partial charge in [0.15, 0.2) is 11.0 Å². The first-order chi connectivity index (χ1) is 15.7. The van der Waals surface area contributed by atoms with Crippen LogP contribution in [0.1, 0.15) is 12.5 Å². The Labute approximate surface area is 197 Å². The van der Waals surface area contributed by atoms with Gasteiger partial charge >= 0.3 is 0 Å². The molecule has 0 radical (unpaired) electrons. The maximum atomic E-state index is 12.3. The molecule has 0 saturated carbocycles. The van der Waals surface area contributed by atoms with Crippen molar-refractivity contribution in [3.05, 3.63) is 53.4 Å². The Morgan fingerprint density at radius 3 is 2.56 bits per heavy atom. The minimum atomic E-state index is 0.0426. The van der Waals surface area contributed by atoms with Gasteiger partial charge in [0.1, 0.15) is 0 Å². The van der Waals surface area contributed by atoms with Gasteiger partial charge < -0.3 is 9.88 Å². The number of nitrogens with zero attached hydrogens (tertiary/aromatic N) is 5. The first-order valence-electron chi connectivity index (χ1n) is 11.1. The average Bonchev–Trinajstić information content (AvgIpc) is 3.49. The van der Waals surface area contributed by atoms with Gasteiger partial charge in [0.2, 0.25) is 5.91 Å². The number of thiophene rings is 1. The number of benzene rings is 1. The van der Waals surface area contributed by atoms with E-state index >= 15 is 0 Å². The number of carbonyl (C=O) groups is 1. The molecule has 2 aromatic heterocycles. The van der Waals surface area contributed by atoms with Gasteiger partial charge in [0, 0.05) is 52.4 Å². The maximum Gasteiger partial charge on any atom is 0.230 e. The van der Waals surface area contributed by atoms with Gasteiger partial charge in [-0.2, -0.15) is 0 Å². The first-order valence-corrected chi connectivity index (χ1v) is 12.9. The number of hydrogen-bond donors (Lipinski definition) is 1. The second-order valence-corrected chi connectivity index (χ2v) is 9.66. The van der Waals surface area contributed by atoms with Crippen LogP contribution in [-0.2, 0) is 17.9 Å². The first kappa shape index (κ1) is 23.0.